The van der Waals surface area contributed by atoms with Crippen LogP contribution in [0.4, 0.5) is 11.4 Å². The lowest BCUT2D eigenvalue weighted by atomic mass is 9.79. The van der Waals surface area contributed by atoms with Crippen molar-refractivity contribution in [3.8, 4) is 5.75 Å². The Hall–Kier alpha value is -4.08. The Morgan fingerprint density at radius 2 is 1.57 bits per heavy atom. The molecule has 0 spiro atoms. The fourth-order valence-corrected chi connectivity index (χ4v) is 10.1. The van der Waals surface area contributed by atoms with E-state index in [0.717, 1.165) is 50.5 Å². The van der Waals surface area contributed by atoms with Crippen LogP contribution in [0, 0.1) is 5.41 Å². The standard InChI is InChI=1S/C38H49N3O9S3/c1-5-7-19-38(20-8-6-2)25-41(28-17-13-10-14-18-28)30-21-32(51-3)31(22-33(30)53(48,49)26-38)50-23-34(42)40-35(27-15-11-9-12-16-27)36(43)39-29(37(44)45)24-52(4,46)47/h9-18,21-22,29,35H,5-8,19-20,23-26H2,1-4H3,(H,39,43)(H,40,42)(H,44,45)/t29-,35-/m1/s1. The summed E-state index contributed by atoms with van der Waals surface area (Å²) < 4.78 is 58.5. The molecule has 4 rings (SSSR count). The minimum atomic E-state index is -3.85. The van der Waals surface area contributed by atoms with Crippen LogP contribution < -0.4 is 20.3 Å². The predicted molar refractivity (Wildman–Crippen MR) is 207 cm³/mol. The van der Waals surface area contributed by atoms with Crippen LogP contribution in [-0.2, 0) is 34.1 Å². The maximum Gasteiger partial charge on any atom is 0.327 e. The third-order valence-electron chi connectivity index (χ3n) is 9.19. The number of para-hydroxylation sites is 1. The number of aliphatic carboxylic acids is 1. The van der Waals surface area contributed by atoms with E-state index >= 15 is 0 Å². The molecule has 53 heavy (non-hydrogen) atoms. The highest BCUT2D eigenvalue weighted by Gasteiger charge is 2.42. The summed E-state index contributed by atoms with van der Waals surface area (Å²) in [6.45, 7) is 4.13. The van der Waals surface area contributed by atoms with Crippen molar-refractivity contribution in [2.24, 2.45) is 5.41 Å². The van der Waals surface area contributed by atoms with Crippen molar-refractivity contribution in [3.05, 3.63) is 78.4 Å². The van der Waals surface area contributed by atoms with Gasteiger partial charge in [0.2, 0.25) is 5.91 Å². The number of hydrogen-bond donors (Lipinski definition) is 3. The Morgan fingerprint density at radius 1 is 0.962 bits per heavy atom. The molecular weight excluding hydrogens is 739 g/mol. The summed E-state index contributed by atoms with van der Waals surface area (Å²) in [5.41, 5.74) is 1.23. The first kappa shape index (κ1) is 41.7. The molecule has 1 aliphatic rings. The van der Waals surface area contributed by atoms with Crippen LogP contribution in [0.2, 0.25) is 0 Å². The van der Waals surface area contributed by atoms with Crippen molar-refractivity contribution in [1.82, 2.24) is 10.6 Å². The van der Waals surface area contributed by atoms with Gasteiger partial charge in [-0.15, -0.1) is 11.8 Å². The molecule has 12 nitrogen and oxygen atoms in total. The zero-order chi connectivity index (χ0) is 38.8. The van der Waals surface area contributed by atoms with E-state index in [-0.39, 0.29) is 16.4 Å². The molecule has 3 aromatic carbocycles. The number of hydrogen-bond acceptors (Lipinski definition) is 10. The van der Waals surface area contributed by atoms with Gasteiger partial charge >= 0.3 is 5.97 Å². The number of carbonyl (C=O) groups is 3. The molecule has 2 amide bonds. The number of benzene rings is 3. The average Bonchev–Trinajstić information content (AvgIpc) is 3.21. The highest BCUT2D eigenvalue weighted by atomic mass is 32.2. The van der Waals surface area contributed by atoms with E-state index in [1.54, 1.807) is 36.4 Å². The molecule has 15 heteroatoms. The highest BCUT2D eigenvalue weighted by molar-refractivity contribution is 7.98. The van der Waals surface area contributed by atoms with Crippen LogP contribution in [0.3, 0.4) is 0 Å². The maximum atomic E-state index is 14.4. The average molecular weight is 788 g/mol. The van der Waals surface area contributed by atoms with E-state index in [2.05, 4.69) is 29.4 Å². The summed E-state index contributed by atoms with van der Waals surface area (Å²) in [7, 11) is -7.62. The number of unbranched alkanes of at least 4 members (excludes halogenated alkanes) is 2. The molecule has 0 radical (unpaired) electrons. The number of fused-ring (bicyclic) bond motifs is 1. The summed E-state index contributed by atoms with van der Waals surface area (Å²) >= 11 is 1.33. The third-order valence-corrected chi connectivity index (χ3v) is 12.9. The molecule has 0 fully saturated rings. The van der Waals surface area contributed by atoms with Crippen molar-refractivity contribution in [2.45, 2.75) is 74.2 Å². The fourth-order valence-electron chi connectivity index (χ4n) is 6.60. The molecule has 1 heterocycles. The van der Waals surface area contributed by atoms with Gasteiger partial charge in [-0.2, -0.15) is 0 Å². The van der Waals surface area contributed by atoms with Gasteiger partial charge in [0, 0.05) is 30.0 Å². The van der Waals surface area contributed by atoms with Crippen LogP contribution in [0.5, 0.6) is 5.75 Å². The van der Waals surface area contributed by atoms with Gasteiger partial charge < -0.3 is 25.4 Å². The monoisotopic (exact) mass is 787 g/mol. The number of amides is 2. The second-order valence-corrected chi connectivity index (χ2v) is 18.5. The molecule has 2 atom stereocenters. The van der Waals surface area contributed by atoms with Crippen LogP contribution in [-0.4, -0.2) is 82.9 Å². The number of carboxylic acids is 1. The minimum absolute atomic E-state index is 0.0284. The molecule has 0 unspecified atom stereocenters. The Morgan fingerprint density at radius 3 is 2.11 bits per heavy atom. The van der Waals surface area contributed by atoms with Gasteiger partial charge in [-0.1, -0.05) is 88.1 Å². The summed E-state index contributed by atoms with van der Waals surface area (Å²) in [6.07, 6.45) is 7.88. The van der Waals surface area contributed by atoms with E-state index in [1.165, 1.54) is 17.8 Å². The SMILES string of the molecule is CCCCC1(CCCC)CN(c2ccccc2)c2cc(SC)c(OCC(=O)N[C@@H](C(=O)N[C@H](CS(C)(=O)=O)C(=O)O)c3ccccc3)cc2S(=O)(=O)C1. The first-order chi connectivity index (χ1) is 25.1. The van der Waals surface area contributed by atoms with E-state index in [0.29, 0.717) is 22.7 Å². The quantitative estimate of drug-likeness (QED) is 0.138. The summed E-state index contributed by atoms with van der Waals surface area (Å²) in [4.78, 5) is 41.3. The minimum Gasteiger partial charge on any atom is -0.483 e. The zero-order valence-electron chi connectivity index (χ0n) is 30.5. The normalized spacial score (nSPS) is 16.0. The van der Waals surface area contributed by atoms with E-state index in [9.17, 15) is 36.3 Å². The van der Waals surface area contributed by atoms with Crippen LogP contribution in [0.1, 0.15) is 64.0 Å². The molecule has 3 aromatic rings. The lowest BCUT2D eigenvalue weighted by Crippen LogP contribution is -2.50. The van der Waals surface area contributed by atoms with E-state index in [1.807, 2.05) is 36.6 Å². The van der Waals surface area contributed by atoms with Gasteiger partial charge in [0.25, 0.3) is 5.91 Å². The fraction of sp³-hybridized carbons (Fsp3) is 0.447. The van der Waals surface area contributed by atoms with E-state index < -0.39 is 67.3 Å². The van der Waals surface area contributed by atoms with Crippen molar-refractivity contribution >= 4 is 60.6 Å². The molecule has 0 aliphatic carbocycles. The maximum absolute atomic E-state index is 14.4. The number of anilines is 2. The molecule has 0 aromatic heterocycles. The first-order valence-electron chi connectivity index (χ1n) is 17.6. The molecule has 0 saturated carbocycles. The van der Waals surface area contributed by atoms with Gasteiger partial charge in [0.1, 0.15) is 27.7 Å². The number of nitrogens with one attached hydrogen (secondary N) is 2. The predicted octanol–water partition coefficient (Wildman–Crippen LogP) is 5.55. The Kier molecular flexibility index (Phi) is 14.4. The van der Waals surface area contributed by atoms with Crippen molar-refractivity contribution in [3.63, 3.8) is 0 Å². The molecule has 0 bridgehead atoms. The van der Waals surface area contributed by atoms with Crippen molar-refractivity contribution < 1.29 is 41.1 Å². The first-order valence-corrected chi connectivity index (χ1v) is 22.5. The Bertz CT molecular complexity index is 1950. The highest BCUT2D eigenvalue weighted by Crippen LogP contribution is 2.47. The Labute approximate surface area is 316 Å². The second kappa shape index (κ2) is 18.3. The van der Waals surface area contributed by atoms with Gasteiger partial charge in [-0.3, -0.25) is 9.59 Å². The molecule has 3 N–H and O–H groups in total. The molecular formula is C38H49N3O9S3. The number of nitrogens with zero attached hydrogens (tertiary/aromatic N) is 1. The lowest BCUT2D eigenvalue weighted by molar-refractivity contribution is -0.141. The number of carboxylic acid groups (broad SMARTS) is 1. The largest absolute Gasteiger partial charge is 0.483 e. The molecule has 1 aliphatic heterocycles. The molecule has 288 valence electrons. The smallest absolute Gasteiger partial charge is 0.327 e. The van der Waals surface area contributed by atoms with Gasteiger partial charge in [-0.05, 0) is 42.9 Å². The number of sulfone groups is 2. The van der Waals surface area contributed by atoms with Crippen molar-refractivity contribution in [2.75, 3.05) is 42.1 Å². The summed E-state index contributed by atoms with van der Waals surface area (Å²) in [5.74, 6) is -3.93. The number of thioether (sulfide) groups is 1. The van der Waals surface area contributed by atoms with E-state index in [4.69, 9.17) is 4.74 Å². The summed E-state index contributed by atoms with van der Waals surface area (Å²) in [6, 6.07) is 17.9. The number of ether oxygens (including phenoxy) is 1. The van der Waals surface area contributed by atoms with Crippen molar-refractivity contribution in [1.29, 1.82) is 0 Å². The third kappa shape index (κ3) is 11.2. The van der Waals surface area contributed by atoms with Crippen LogP contribution in [0.25, 0.3) is 0 Å². The van der Waals surface area contributed by atoms with Crippen LogP contribution in [0.15, 0.2) is 82.6 Å². The van der Waals surface area contributed by atoms with Crippen LogP contribution >= 0.6 is 11.8 Å². The Balaban J connectivity index is 1.67. The zero-order valence-corrected chi connectivity index (χ0v) is 33.0. The number of carbonyl (C=O) groups excluding carboxylic acids is 2. The molecule has 0 saturated heterocycles. The van der Waals surface area contributed by atoms with Gasteiger partial charge in [-0.25, -0.2) is 21.6 Å². The lowest BCUT2D eigenvalue weighted by Gasteiger charge is -2.37. The topological polar surface area (TPSA) is 176 Å². The number of rotatable bonds is 18. The second-order valence-electron chi connectivity index (χ2n) is 13.6. The van der Waals surface area contributed by atoms with Gasteiger partial charge in [0.05, 0.1) is 27.0 Å². The summed E-state index contributed by atoms with van der Waals surface area (Å²) in [5, 5.41) is 14.4. The van der Waals surface area contributed by atoms with Gasteiger partial charge in [0.15, 0.2) is 16.4 Å².